The minimum absolute atomic E-state index is 0.0178. The molecule has 318 valence electrons. The number of ether oxygens (including phenoxy) is 1. The highest BCUT2D eigenvalue weighted by molar-refractivity contribution is 6.07. The van der Waals surface area contributed by atoms with Crippen LogP contribution in [0, 0.1) is 5.41 Å². The SMILES string of the molecule is C[C@@H]1CC2=C(Cc3ccccc32)[C@@H](c2cnc(OCCCCCN3CCC4(CC3)CCN(c3ccc5c(c3)CN(C3CCC(=O)CC3=O)C5=O)CC4)cn2)N1CC(C)(C)F. The lowest BCUT2D eigenvalue weighted by Crippen LogP contribution is -2.47. The molecular weight excluding hydrogens is 756 g/mol. The molecule has 3 aromatic rings. The van der Waals surface area contributed by atoms with E-state index >= 15 is 4.39 Å². The van der Waals surface area contributed by atoms with Crippen molar-refractivity contribution < 1.29 is 23.5 Å². The zero-order chi connectivity index (χ0) is 41.6. The number of piperidine rings is 2. The van der Waals surface area contributed by atoms with Crippen molar-refractivity contribution in [1.82, 2.24) is 24.7 Å². The fourth-order valence-electron chi connectivity index (χ4n) is 11.1. The molecule has 3 fully saturated rings. The normalized spacial score (nSPS) is 24.6. The van der Waals surface area contributed by atoms with Gasteiger partial charge in [-0.05, 0) is 156 Å². The predicted molar refractivity (Wildman–Crippen MR) is 231 cm³/mol. The molecule has 0 N–H and O–H groups in total. The molecule has 4 aliphatic heterocycles. The highest BCUT2D eigenvalue weighted by Gasteiger charge is 2.43. The van der Waals surface area contributed by atoms with Crippen molar-refractivity contribution in [2.24, 2.45) is 5.41 Å². The number of Topliss-reactive ketones (excluding diaryl/α,β-unsaturated/α-hetero) is 2. The smallest absolute Gasteiger partial charge is 0.255 e. The Kier molecular flexibility index (Phi) is 11.4. The van der Waals surface area contributed by atoms with Crippen LogP contribution in [-0.2, 0) is 22.6 Å². The van der Waals surface area contributed by atoms with Crippen LogP contribution in [0.5, 0.6) is 5.88 Å². The highest BCUT2D eigenvalue weighted by atomic mass is 19.1. The molecule has 1 spiro atoms. The number of aromatic nitrogens is 2. The zero-order valence-electron chi connectivity index (χ0n) is 35.8. The molecule has 5 heterocycles. The van der Waals surface area contributed by atoms with Gasteiger partial charge in [0.1, 0.15) is 11.5 Å². The van der Waals surface area contributed by atoms with Crippen LogP contribution in [0.4, 0.5) is 10.1 Å². The second-order valence-corrected chi connectivity index (χ2v) is 19.2. The van der Waals surface area contributed by atoms with Crippen molar-refractivity contribution in [1.29, 1.82) is 0 Å². The Morgan fingerprint density at radius 3 is 2.42 bits per heavy atom. The van der Waals surface area contributed by atoms with Gasteiger partial charge in [-0.15, -0.1) is 0 Å². The number of unbranched alkanes of at least 4 members (excludes halogenated alkanes) is 2. The number of likely N-dealkylation sites (tertiary alicyclic amines) is 1. The fraction of sp³-hybridized carbons (Fsp3) is 0.571. The number of anilines is 1. The van der Waals surface area contributed by atoms with Gasteiger partial charge in [-0.1, -0.05) is 24.3 Å². The number of amides is 1. The molecule has 10 nitrogen and oxygen atoms in total. The molecule has 60 heavy (non-hydrogen) atoms. The van der Waals surface area contributed by atoms with E-state index < -0.39 is 11.7 Å². The number of carbonyl (C=O) groups is 3. The number of ketones is 2. The summed E-state index contributed by atoms with van der Waals surface area (Å²) in [6, 6.07) is 14.4. The molecule has 3 atom stereocenters. The minimum Gasteiger partial charge on any atom is -0.477 e. The summed E-state index contributed by atoms with van der Waals surface area (Å²) in [5.74, 6) is 0.325. The van der Waals surface area contributed by atoms with Crippen molar-refractivity contribution in [3.63, 3.8) is 0 Å². The van der Waals surface area contributed by atoms with E-state index in [0.717, 1.165) is 76.1 Å². The molecule has 2 saturated heterocycles. The van der Waals surface area contributed by atoms with E-state index in [2.05, 4.69) is 58.0 Å². The zero-order valence-corrected chi connectivity index (χ0v) is 35.8. The number of fused-ring (bicyclic) bond motifs is 3. The Labute approximate surface area is 354 Å². The maximum absolute atomic E-state index is 15.1. The summed E-state index contributed by atoms with van der Waals surface area (Å²) >= 11 is 0. The Morgan fingerprint density at radius 1 is 0.883 bits per heavy atom. The van der Waals surface area contributed by atoms with Gasteiger partial charge in [0.2, 0.25) is 5.88 Å². The van der Waals surface area contributed by atoms with Crippen molar-refractivity contribution in [2.45, 2.75) is 128 Å². The van der Waals surface area contributed by atoms with Gasteiger partial charge in [-0.25, -0.2) is 9.37 Å². The van der Waals surface area contributed by atoms with E-state index in [-0.39, 0.29) is 36.0 Å². The Balaban J connectivity index is 0.700. The van der Waals surface area contributed by atoms with Gasteiger partial charge in [0.15, 0.2) is 5.78 Å². The Bertz CT molecular complexity index is 2130. The first-order valence-corrected chi connectivity index (χ1v) is 22.6. The van der Waals surface area contributed by atoms with Gasteiger partial charge in [-0.3, -0.25) is 24.3 Å². The first-order chi connectivity index (χ1) is 28.9. The molecule has 9 rings (SSSR count). The van der Waals surface area contributed by atoms with E-state index in [1.165, 1.54) is 53.6 Å². The lowest BCUT2D eigenvalue weighted by atomic mass is 9.71. The molecule has 1 unspecified atom stereocenters. The van der Waals surface area contributed by atoms with Gasteiger partial charge in [0.05, 0.1) is 43.2 Å². The summed E-state index contributed by atoms with van der Waals surface area (Å²) in [6.07, 6.45) is 14.2. The lowest BCUT2D eigenvalue weighted by Gasteiger charge is -2.47. The summed E-state index contributed by atoms with van der Waals surface area (Å²) in [5, 5.41) is 0. The van der Waals surface area contributed by atoms with Crippen LogP contribution in [0.3, 0.4) is 0 Å². The topological polar surface area (TPSA) is 99.2 Å². The lowest BCUT2D eigenvalue weighted by molar-refractivity contribution is -0.133. The third-order valence-electron chi connectivity index (χ3n) is 14.5. The summed E-state index contributed by atoms with van der Waals surface area (Å²) in [7, 11) is 0. The highest BCUT2D eigenvalue weighted by Crippen LogP contribution is 2.49. The van der Waals surface area contributed by atoms with Crippen molar-refractivity contribution in [3.8, 4) is 5.88 Å². The molecule has 1 saturated carbocycles. The second kappa shape index (κ2) is 16.8. The fourth-order valence-corrected chi connectivity index (χ4v) is 11.1. The average Bonchev–Trinajstić information content (AvgIpc) is 3.76. The molecule has 1 aromatic heterocycles. The second-order valence-electron chi connectivity index (χ2n) is 19.2. The van der Waals surface area contributed by atoms with Crippen molar-refractivity contribution >= 4 is 28.7 Å². The molecule has 11 heteroatoms. The van der Waals surface area contributed by atoms with Crippen LogP contribution in [0.2, 0.25) is 0 Å². The van der Waals surface area contributed by atoms with Gasteiger partial charge in [0, 0.05) is 49.9 Å². The predicted octanol–water partition coefficient (Wildman–Crippen LogP) is 7.95. The number of benzene rings is 2. The first-order valence-electron chi connectivity index (χ1n) is 22.6. The van der Waals surface area contributed by atoms with E-state index in [4.69, 9.17) is 14.7 Å². The number of hydrogen-bond acceptors (Lipinski definition) is 9. The van der Waals surface area contributed by atoms with E-state index in [1.54, 1.807) is 24.9 Å². The molecule has 1 amide bonds. The number of nitrogens with zero attached hydrogens (tertiary/aromatic N) is 6. The van der Waals surface area contributed by atoms with Crippen LogP contribution in [0.15, 0.2) is 60.4 Å². The standard InChI is InChI=1S/C49H61FN6O4/c1-33-25-40-38-10-6-5-9-34(38)27-41(40)46(56(33)32-48(2,3)50)42-29-52-45(30-51-42)60-24-8-4-7-19-53-20-15-49(16-21-53)17-22-54(23-18-49)36-11-13-39-35(26-36)31-55(47(39)59)43-14-12-37(57)28-44(43)58/h5-6,9-11,13,26,29-30,33,43,46H,4,7-8,12,14-25,27-28,31-32H2,1-3H3/t33-,43?,46+/m1/s1. The molecular formula is C49H61FN6O4. The third-order valence-corrected chi connectivity index (χ3v) is 14.5. The number of hydrogen-bond donors (Lipinski definition) is 0. The van der Waals surface area contributed by atoms with Gasteiger partial charge >= 0.3 is 0 Å². The number of rotatable bonds is 12. The molecule has 2 aliphatic carbocycles. The molecule has 0 radical (unpaired) electrons. The summed E-state index contributed by atoms with van der Waals surface area (Å²) in [4.78, 5) is 56.2. The molecule has 2 aromatic carbocycles. The van der Waals surface area contributed by atoms with E-state index in [0.29, 0.717) is 49.4 Å². The third kappa shape index (κ3) is 8.41. The number of halogens is 1. The van der Waals surface area contributed by atoms with Crippen LogP contribution in [-0.4, -0.2) is 106 Å². The van der Waals surface area contributed by atoms with Gasteiger partial charge < -0.3 is 19.4 Å². The largest absolute Gasteiger partial charge is 0.477 e. The molecule has 6 aliphatic rings. The van der Waals surface area contributed by atoms with Crippen molar-refractivity contribution in [2.75, 3.05) is 50.8 Å². The number of carbonyl (C=O) groups excluding carboxylic acids is 3. The maximum Gasteiger partial charge on any atom is 0.255 e. The Morgan fingerprint density at radius 2 is 1.67 bits per heavy atom. The number of alkyl halides is 1. The maximum atomic E-state index is 15.1. The summed E-state index contributed by atoms with van der Waals surface area (Å²) in [5.41, 5.74) is 8.19. The van der Waals surface area contributed by atoms with Crippen LogP contribution in [0.25, 0.3) is 5.57 Å². The van der Waals surface area contributed by atoms with Crippen molar-refractivity contribution in [3.05, 3.63) is 88.4 Å². The van der Waals surface area contributed by atoms with Crippen LogP contribution in [0.1, 0.15) is 130 Å². The monoisotopic (exact) mass is 816 g/mol. The van der Waals surface area contributed by atoms with Crippen LogP contribution >= 0.6 is 0 Å². The summed E-state index contributed by atoms with van der Waals surface area (Å²) in [6.45, 7) is 12.4. The first kappa shape index (κ1) is 40.9. The minimum atomic E-state index is -1.33. The van der Waals surface area contributed by atoms with E-state index in [9.17, 15) is 14.4 Å². The van der Waals surface area contributed by atoms with E-state index in [1.807, 2.05) is 12.3 Å². The van der Waals surface area contributed by atoms with Gasteiger partial charge in [-0.2, -0.15) is 0 Å². The molecule has 0 bridgehead atoms. The Hall–Kier alpha value is -4.48. The van der Waals surface area contributed by atoms with Crippen LogP contribution < -0.4 is 9.64 Å². The quantitative estimate of drug-likeness (QED) is 0.133. The van der Waals surface area contributed by atoms with Gasteiger partial charge in [0.25, 0.3) is 5.91 Å². The average molecular weight is 817 g/mol. The summed E-state index contributed by atoms with van der Waals surface area (Å²) < 4.78 is 21.2.